The minimum Gasteiger partial charge on any atom is -0.407 e. The third-order valence-electron chi connectivity index (χ3n) is 4.06. The van der Waals surface area contributed by atoms with Crippen molar-refractivity contribution in [2.24, 2.45) is 0 Å². The Morgan fingerprint density at radius 2 is 1.25 bits per heavy atom. The zero-order valence-electron chi connectivity index (χ0n) is 12.9. The van der Waals surface area contributed by atoms with E-state index in [9.17, 15) is 4.79 Å². The van der Waals surface area contributed by atoms with Crippen LogP contribution in [0.25, 0.3) is 10.9 Å². The van der Waals surface area contributed by atoms with E-state index in [2.05, 4.69) is 4.98 Å². The van der Waals surface area contributed by atoms with Crippen molar-refractivity contribution in [3.63, 3.8) is 0 Å². The van der Waals surface area contributed by atoms with Gasteiger partial charge >= 0.3 is 5.63 Å². The molecule has 0 spiro atoms. The Kier molecular flexibility index (Phi) is 3.67. The van der Waals surface area contributed by atoms with Crippen molar-refractivity contribution in [2.45, 2.75) is 5.92 Å². The second kappa shape index (κ2) is 6.13. The van der Waals surface area contributed by atoms with Crippen LogP contribution in [0.4, 0.5) is 0 Å². The first-order valence-corrected chi connectivity index (χ1v) is 7.82. The maximum absolute atomic E-state index is 12.4. The topological polar surface area (TPSA) is 43.1 Å². The number of fused-ring (bicyclic) bond motifs is 1. The van der Waals surface area contributed by atoms with E-state index in [1.165, 1.54) is 0 Å². The summed E-state index contributed by atoms with van der Waals surface area (Å²) in [6, 6.07) is 27.2. The van der Waals surface area contributed by atoms with Gasteiger partial charge in [-0.3, -0.25) is 0 Å². The van der Waals surface area contributed by atoms with Crippen LogP contribution in [0.3, 0.4) is 0 Å². The van der Waals surface area contributed by atoms with Crippen molar-refractivity contribution in [3.05, 3.63) is 112 Å². The largest absolute Gasteiger partial charge is 0.407 e. The van der Waals surface area contributed by atoms with E-state index in [1.54, 1.807) is 6.07 Å². The van der Waals surface area contributed by atoms with Crippen LogP contribution in [0.1, 0.15) is 22.9 Å². The van der Waals surface area contributed by atoms with E-state index in [1.807, 2.05) is 78.9 Å². The molecular formula is C21H15NO2. The van der Waals surface area contributed by atoms with Gasteiger partial charge in [-0.05, 0) is 23.3 Å². The number of hydrogen-bond acceptors (Lipinski definition) is 3. The van der Waals surface area contributed by atoms with E-state index in [-0.39, 0.29) is 11.5 Å². The quantitative estimate of drug-likeness (QED) is 0.564. The Morgan fingerprint density at radius 1 is 0.708 bits per heavy atom. The molecule has 1 heterocycles. The highest BCUT2D eigenvalue weighted by Crippen LogP contribution is 2.30. The Hall–Kier alpha value is -3.20. The molecule has 0 amide bonds. The Balaban J connectivity index is 1.96. The highest BCUT2D eigenvalue weighted by molar-refractivity contribution is 5.76. The van der Waals surface area contributed by atoms with E-state index in [4.69, 9.17) is 4.42 Å². The van der Waals surface area contributed by atoms with Crippen LogP contribution in [-0.2, 0) is 0 Å². The minimum atomic E-state index is -0.354. The molecule has 0 saturated carbocycles. The van der Waals surface area contributed by atoms with Gasteiger partial charge in [-0.2, -0.15) is 0 Å². The Labute approximate surface area is 139 Å². The normalized spacial score (nSPS) is 11.0. The highest BCUT2D eigenvalue weighted by atomic mass is 16.4. The molecule has 1 aromatic heterocycles. The molecule has 3 heteroatoms. The molecule has 0 bridgehead atoms. The molecule has 0 aliphatic heterocycles. The summed E-state index contributed by atoms with van der Waals surface area (Å²) in [7, 11) is 0. The molecule has 0 atom stereocenters. The fraction of sp³-hybridized carbons (Fsp3) is 0.0476. The molecule has 4 rings (SSSR count). The number of benzene rings is 3. The number of para-hydroxylation sites is 1. The van der Waals surface area contributed by atoms with Gasteiger partial charge in [0.25, 0.3) is 0 Å². The van der Waals surface area contributed by atoms with Crippen molar-refractivity contribution in [1.29, 1.82) is 0 Å². The van der Waals surface area contributed by atoms with E-state index in [0.717, 1.165) is 11.1 Å². The summed E-state index contributed by atoms with van der Waals surface area (Å²) in [6.07, 6.45) is 0. The van der Waals surface area contributed by atoms with Crippen molar-refractivity contribution in [3.8, 4) is 0 Å². The zero-order valence-corrected chi connectivity index (χ0v) is 12.9. The maximum Gasteiger partial charge on any atom is 0.346 e. The molecule has 0 N–H and O–H groups in total. The van der Waals surface area contributed by atoms with Gasteiger partial charge in [0.15, 0.2) is 0 Å². The van der Waals surface area contributed by atoms with Crippen LogP contribution in [0, 0.1) is 0 Å². The SMILES string of the molecule is O=c1oc(C(c2ccccc2)c2ccccc2)nc2ccccc12. The minimum absolute atomic E-state index is 0.218. The predicted molar refractivity (Wildman–Crippen MR) is 94.1 cm³/mol. The van der Waals surface area contributed by atoms with Crippen LogP contribution < -0.4 is 5.63 Å². The lowest BCUT2D eigenvalue weighted by Gasteiger charge is -2.16. The van der Waals surface area contributed by atoms with Crippen molar-refractivity contribution in [2.75, 3.05) is 0 Å². The molecular weight excluding hydrogens is 298 g/mol. The highest BCUT2D eigenvalue weighted by Gasteiger charge is 2.21. The van der Waals surface area contributed by atoms with Crippen molar-refractivity contribution in [1.82, 2.24) is 4.98 Å². The average molecular weight is 313 g/mol. The summed E-state index contributed by atoms with van der Waals surface area (Å²) in [4.78, 5) is 17.0. The van der Waals surface area contributed by atoms with Crippen LogP contribution in [0.2, 0.25) is 0 Å². The van der Waals surface area contributed by atoms with Gasteiger partial charge < -0.3 is 4.42 Å². The third kappa shape index (κ3) is 2.61. The number of nitrogens with zero attached hydrogens (tertiary/aromatic N) is 1. The van der Waals surface area contributed by atoms with E-state index in [0.29, 0.717) is 16.8 Å². The maximum atomic E-state index is 12.4. The Bertz CT molecular complexity index is 984. The summed E-state index contributed by atoms with van der Waals surface area (Å²) in [5, 5.41) is 0.501. The van der Waals surface area contributed by atoms with E-state index < -0.39 is 0 Å². The smallest absolute Gasteiger partial charge is 0.346 e. The molecule has 116 valence electrons. The lowest BCUT2D eigenvalue weighted by atomic mass is 9.91. The van der Waals surface area contributed by atoms with Crippen LogP contribution in [0.5, 0.6) is 0 Å². The summed E-state index contributed by atoms with van der Waals surface area (Å²) in [5.41, 5.74) is 2.37. The van der Waals surface area contributed by atoms with Gasteiger partial charge in [-0.1, -0.05) is 72.8 Å². The zero-order chi connectivity index (χ0) is 16.4. The fourth-order valence-electron chi connectivity index (χ4n) is 2.93. The van der Waals surface area contributed by atoms with Gasteiger partial charge in [0.2, 0.25) is 5.89 Å². The lowest BCUT2D eigenvalue weighted by Crippen LogP contribution is -2.11. The predicted octanol–water partition coefficient (Wildman–Crippen LogP) is 4.37. The number of hydrogen-bond donors (Lipinski definition) is 0. The summed E-state index contributed by atoms with van der Waals surface area (Å²) in [6.45, 7) is 0. The molecule has 0 radical (unpaired) electrons. The molecule has 0 fully saturated rings. The summed E-state index contributed by atoms with van der Waals surface area (Å²) >= 11 is 0. The monoisotopic (exact) mass is 313 g/mol. The fourth-order valence-corrected chi connectivity index (χ4v) is 2.93. The van der Waals surface area contributed by atoms with Gasteiger partial charge in [0.05, 0.1) is 16.8 Å². The van der Waals surface area contributed by atoms with Gasteiger partial charge in [-0.15, -0.1) is 0 Å². The number of rotatable bonds is 3. The van der Waals surface area contributed by atoms with Crippen molar-refractivity contribution >= 4 is 10.9 Å². The second-order valence-electron chi connectivity index (χ2n) is 5.61. The molecule has 0 aliphatic rings. The van der Waals surface area contributed by atoms with Gasteiger partial charge in [0, 0.05) is 0 Å². The first-order chi connectivity index (χ1) is 11.8. The molecule has 0 aliphatic carbocycles. The lowest BCUT2D eigenvalue weighted by molar-refractivity contribution is 0.439. The summed E-state index contributed by atoms with van der Waals surface area (Å²) in [5.74, 6) is 0.195. The molecule has 3 aromatic carbocycles. The Morgan fingerprint density at radius 3 is 1.88 bits per heavy atom. The summed E-state index contributed by atoms with van der Waals surface area (Å²) < 4.78 is 5.59. The van der Waals surface area contributed by atoms with Crippen molar-refractivity contribution < 1.29 is 4.42 Å². The van der Waals surface area contributed by atoms with E-state index >= 15 is 0 Å². The standard InChI is InChI=1S/C21H15NO2/c23-21-17-13-7-8-14-18(17)22-20(24-21)19(15-9-3-1-4-10-15)16-11-5-2-6-12-16/h1-14,19H. The molecule has 0 unspecified atom stereocenters. The van der Waals surface area contributed by atoms with Crippen LogP contribution >= 0.6 is 0 Å². The van der Waals surface area contributed by atoms with Crippen LogP contribution in [-0.4, -0.2) is 4.98 Å². The third-order valence-corrected chi connectivity index (χ3v) is 4.06. The van der Waals surface area contributed by atoms with Crippen LogP contribution in [0.15, 0.2) is 94.1 Å². The average Bonchev–Trinajstić information content (AvgIpc) is 2.64. The van der Waals surface area contributed by atoms with Gasteiger partial charge in [-0.25, -0.2) is 9.78 Å². The molecule has 0 saturated heterocycles. The van der Waals surface area contributed by atoms with Gasteiger partial charge in [0.1, 0.15) is 0 Å². The molecule has 24 heavy (non-hydrogen) atoms. The molecule has 3 nitrogen and oxygen atoms in total. The first kappa shape index (κ1) is 14.4. The molecule has 4 aromatic rings. The number of aromatic nitrogens is 1. The second-order valence-corrected chi connectivity index (χ2v) is 5.61. The first-order valence-electron chi connectivity index (χ1n) is 7.82.